The average Bonchev–Trinajstić information content (AvgIpc) is 3.32. The van der Waals surface area contributed by atoms with Crippen molar-refractivity contribution in [1.29, 1.82) is 0 Å². The lowest BCUT2D eigenvalue weighted by molar-refractivity contribution is -0.117. The second kappa shape index (κ2) is 8.26. The van der Waals surface area contributed by atoms with Crippen molar-refractivity contribution in [3.63, 3.8) is 0 Å². The number of phenols is 1. The second-order valence-electron chi connectivity index (χ2n) is 8.71. The summed E-state index contributed by atoms with van der Waals surface area (Å²) < 4.78 is 6.09. The molecule has 168 valence electrons. The quantitative estimate of drug-likeness (QED) is 0.609. The predicted molar refractivity (Wildman–Crippen MR) is 124 cm³/mol. The first-order chi connectivity index (χ1) is 15.4. The molecule has 1 aromatic carbocycles. The highest BCUT2D eigenvalue weighted by Crippen LogP contribution is 2.39. The van der Waals surface area contributed by atoms with Crippen molar-refractivity contribution >= 4 is 40.4 Å². The lowest BCUT2D eigenvalue weighted by Gasteiger charge is -2.29. The molecule has 2 aliphatic heterocycles. The van der Waals surface area contributed by atoms with Gasteiger partial charge in [-0.15, -0.1) is 0 Å². The van der Waals surface area contributed by atoms with Gasteiger partial charge in [-0.25, -0.2) is 4.98 Å². The minimum absolute atomic E-state index is 0.0348. The molecule has 4 heterocycles. The third kappa shape index (κ3) is 3.89. The molecule has 0 radical (unpaired) electrons. The Hall–Kier alpha value is -2.84. The van der Waals surface area contributed by atoms with Crippen LogP contribution in [0.15, 0.2) is 22.6 Å². The van der Waals surface area contributed by atoms with E-state index in [-0.39, 0.29) is 17.7 Å². The summed E-state index contributed by atoms with van der Waals surface area (Å²) in [6.07, 6.45) is 3.44. The number of likely N-dealkylation sites (N-methyl/N-ethyl adjacent to an activating group) is 1. The van der Waals surface area contributed by atoms with Crippen LogP contribution in [0.1, 0.15) is 31.2 Å². The van der Waals surface area contributed by atoms with E-state index in [0.29, 0.717) is 52.2 Å². The number of fused-ring (bicyclic) bond motifs is 1. The first-order valence-electron chi connectivity index (χ1n) is 11.0. The van der Waals surface area contributed by atoms with Crippen molar-refractivity contribution in [1.82, 2.24) is 14.9 Å². The van der Waals surface area contributed by atoms with Gasteiger partial charge in [-0.3, -0.25) is 4.79 Å². The molecule has 2 aromatic heterocycles. The number of anilines is 2. The van der Waals surface area contributed by atoms with E-state index in [4.69, 9.17) is 16.0 Å². The summed E-state index contributed by atoms with van der Waals surface area (Å²) in [5.74, 6) is 0.0768. The Morgan fingerprint density at radius 1 is 1.22 bits per heavy atom. The first-order valence-corrected chi connectivity index (χ1v) is 11.3. The van der Waals surface area contributed by atoms with Gasteiger partial charge in [0.05, 0.1) is 11.4 Å². The number of nitrogens with zero attached hydrogens (tertiary/aromatic N) is 4. The van der Waals surface area contributed by atoms with Crippen LogP contribution in [0.2, 0.25) is 5.02 Å². The molecule has 2 fully saturated rings. The van der Waals surface area contributed by atoms with Gasteiger partial charge in [0.1, 0.15) is 5.75 Å². The van der Waals surface area contributed by atoms with Gasteiger partial charge in [-0.1, -0.05) is 11.6 Å². The number of nitrogens with one attached hydrogen (secondary N) is 1. The van der Waals surface area contributed by atoms with E-state index in [0.717, 1.165) is 37.9 Å². The van der Waals surface area contributed by atoms with Gasteiger partial charge in [0.15, 0.2) is 5.58 Å². The Labute approximate surface area is 191 Å². The minimum atomic E-state index is 0.0348. The number of pyridine rings is 1. The maximum absolute atomic E-state index is 12.6. The van der Waals surface area contributed by atoms with Gasteiger partial charge < -0.3 is 24.6 Å². The van der Waals surface area contributed by atoms with Crippen LogP contribution in [0.5, 0.6) is 5.75 Å². The van der Waals surface area contributed by atoms with E-state index >= 15 is 0 Å². The first kappa shape index (κ1) is 21.0. The molecule has 32 heavy (non-hydrogen) atoms. The van der Waals surface area contributed by atoms with Crippen LogP contribution in [0, 0.1) is 6.92 Å². The molecular weight excluding hydrogens is 430 g/mol. The molecule has 2 N–H and O–H groups in total. The Morgan fingerprint density at radius 3 is 2.78 bits per heavy atom. The highest BCUT2D eigenvalue weighted by molar-refractivity contribution is 6.31. The number of piperidine rings is 1. The third-order valence-electron chi connectivity index (χ3n) is 6.19. The number of oxazole rings is 1. The standard InChI is InChI=1S/C23H26ClN5O3/c1-13-9-14(24)10-18(30)20(13)16-11-17(29-8-4-6-19(29)31)21-22(26-16)27-23(32-21)25-15-5-3-7-28(2)12-15/h9-11,15,30H,3-8,12H2,1-2H3,(H,25,26,27)/t15-/m0/s1. The Bertz CT molecular complexity index is 1170. The molecule has 2 saturated heterocycles. The summed E-state index contributed by atoms with van der Waals surface area (Å²) >= 11 is 6.09. The fraction of sp³-hybridized carbons (Fsp3) is 0.435. The van der Waals surface area contributed by atoms with Gasteiger partial charge in [0, 0.05) is 36.1 Å². The van der Waals surface area contributed by atoms with Gasteiger partial charge in [-0.05, 0) is 63.5 Å². The molecule has 5 rings (SSSR count). The maximum atomic E-state index is 12.6. The Morgan fingerprint density at radius 2 is 2.06 bits per heavy atom. The van der Waals surface area contributed by atoms with Crippen molar-refractivity contribution in [2.75, 3.05) is 36.9 Å². The summed E-state index contributed by atoms with van der Waals surface area (Å²) in [6, 6.07) is 5.70. The van der Waals surface area contributed by atoms with Gasteiger partial charge in [0.2, 0.25) is 11.6 Å². The normalized spacial score (nSPS) is 19.8. The largest absolute Gasteiger partial charge is 0.507 e. The summed E-state index contributed by atoms with van der Waals surface area (Å²) in [4.78, 5) is 25.8. The van der Waals surface area contributed by atoms with E-state index in [2.05, 4.69) is 27.2 Å². The number of carbonyl (C=O) groups is 1. The molecule has 9 heteroatoms. The lowest BCUT2D eigenvalue weighted by atomic mass is 10.0. The van der Waals surface area contributed by atoms with Crippen LogP contribution in [0.3, 0.4) is 0 Å². The number of aryl methyl sites for hydroxylation is 1. The molecule has 0 saturated carbocycles. The summed E-state index contributed by atoms with van der Waals surface area (Å²) in [5, 5.41) is 14.4. The third-order valence-corrected chi connectivity index (χ3v) is 6.41. The van der Waals surface area contributed by atoms with Crippen LogP contribution >= 0.6 is 11.6 Å². The fourth-order valence-corrected chi connectivity index (χ4v) is 4.97. The topological polar surface area (TPSA) is 94.7 Å². The molecule has 0 bridgehead atoms. The van der Waals surface area contributed by atoms with Crippen LogP contribution < -0.4 is 10.2 Å². The van der Waals surface area contributed by atoms with Crippen LogP contribution in [-0.2, 0) is 4.79 Å². The zero-order valence-electron chi connectivity index (χ0n) is 18.2. The van der Waals surface area contributed by atoms with Crippen molar-refractivity contribution in [2.24, 2.45) is 0 Å². The van der Waals surface area contributed by atoms with E-state index in [1.54, 1.807) is 17.0 Å². The summed E-state index contributed by atoms with van der Waals surface area (Å²) in [7, 11) is 2.10. The number of likely N-dealkylation sites (tertiary alicyclic amines) is 1. The molecule has 8 nitrogen and oxygen atoms in total. The van der Waals surface area contributed by atoms with E-state index < -0.39 is 0 Å². The maximum Gasteiger partial charge on any atom is 0.297 e. The van der Waals surface area contributed by atoms with Crippen molar-refractivity contribution < 1.29 is 14.3 Å². The molecule has 0 aliphatic carbocycles. The summed E-state index contributed by atoms with van der Waals surface area (Å²) in [5.41, 5.74) is 3.38. The minimum Gasteiger partial charge on any atom is -0.507 e. The van der Waals surface area contributed by atoms with Crippen LogP contribution in [0.25, 0.3) is 22.5 Å². The monoisotopic (exact) mass is 455 g/mol. The van der Waals surface area contributed by atoms with Gasteiger partial charge in [-0.2, -0.15) is 4.98 Å². The van der Waals surface area contributed by atoms with Gasteiger partial charge >= 0.3 is 0 Å². The molecule has 1 atom stereocenters. The van der Waals surface area contributed by atoms with Crippen molar-refractivity contribution in [2.45, 2.75) is 38.6 Å². The number of aromatic hydroxyl groups is 1. The van der Waals surface area contributed by atoms with E-state index in [9.17, 15) is 9.90 Å². The number of halogens is 1. The Balaban J connectivity index is 1.61. The van der Waals surface area contributed by atoms with Crippen molar-refractivity contribution in [3.05, 3.63) is 28.8 Å². The number of amides is 1. The number of rotatable bonds is 4. The zero-order valence-corrected chi connectivity index (χ0v) is 18.9. The van der Waals surface area contributed by atoms with Crippen LogP contribution in [0.4, 0.5) is 11.7 Å². The SMILES string of the molecule is Cc1cc(Cl)cc(O)c1-c1cc(N2CCCC2=O)c2oc(N[C@H]3CCCN(C)C3)nc2n1. The predicted octanol–water partition coefficient (Wildman–Crippen LogP) is 4.19. The zero-order chi connectivity index (χ0) is 22.4. The highest BCUT2D eigenvalue weighted by Gasteiger charge is 2.28. The number of aromatic nitrogens is 2. The smallest absolute Gasteiger partial charge is 0.297 e. The molecular formula is C23H26ClN5O3. The fourth-order valence-electron chi connectivity index (χ4n) is 4.71. The molecule has 2 aliphatic rings. The van der Waals surface area contributed by atoms with Crippen LogP contribution in [-0.4, -0.2) is 58.6 Å². The van der Waals surface area contributed by atoms with Crippen molar-refractivity contribution in [3.8, 4) is 17.0 Å². The number of benzene rings is 1. The highest BCUT2D eigenvalue weighted by atomic mass is 35.5. The average molecular weight is 456 g/mol. The Kier molecular flexibility index (Phi) is 5.43. The molecule has 1 amide bonds. The number of carbonyl (C=O) groups excluding carboxylic acids is 1. The molecule has 0 spiro atoms. The lowest BCUT2D eigenvalue weighted by Crippen LogP contribution is -2.39. The number of phenolic OH excluding ortho intramolecular Hbond substituents is 1. The summed E-state index contributed by atoms with van der Waals surface area (Å²) in [6.45, 7) is 4.47. The second-order valence-corrected chi connectivity index (χ2v) is 9.15. The number of hydrogen-bond donors (Lipinski definition) is 2. The van der Waals surface area contributed by atoms with E-state index in [1.165, 1.54) is 6.07 Å². The van der Waals surface area contributed by atoms with Gasteiger partial charge in [0.25, 0.3) is 6.01 Å². The molecule has 0 unspecified atom stereocenters. The molecule has 3 aromatic rings. The van der Waals surface area contributed by atoms with E-state index in [1.807, 2.05) is 6.92 Å². The number of hydrogen-bond acceptors (Lipinski definition) is 7.